The van der Waals surface area contributed by atoms with E-state index in [2.05, 4.69) is 183 Å². The second-order valence-electron chi connectivity index (χ2n) is 13.0. The molecule has 244 valence electrons. The Morgan fingerprint density at radius 2 is 1.02 bits per heavy atom. The number of hydrogen-bond acceptors (Lipinski definition) is 3. The molecule has 0 unspecified atom stereocenters. The number of para-hydroxylation sites is 1. The monoisotopic (exact) mass is 665 g/mol. The average molecular weight is 666 g/mol. The molecular formula is C47H39NOS. The van der Waals surface area contributed by atoms with E-state index in [1.807, 2.05) is 25.2 Å². The van der Waals surface area contributed by atoms with Crippen LogP contribution in [0.4, 0.5) is 17.1 Å². The lowest BCUT2D eigenvalue weighted by atomic mass is 9.74. The minimum atomic E-state index is -0.216. The summed E-state index contributed by atoms with van der Waals surface area (Å²) in [5.74, 6) is 1.93. The zero-order valence-corrected chi connectivity index (χ0v) is 29.7. The van der Waals surface area contributed by atoms with Crippen LogP contribution in [0.2, 0.25) is 0 Å². The number of nitrogens with zero attached hydrogens (tertiary/aromatic N) is 1. The number of hydrogen-bond donors (Lipinski definition) is 0. The lowest BCUT2D eigenvalue weighted by Crippen LogP contribution is -2.24. The van der Waals surface area contributed by atoms with E-state index < -0.39 is 0 Å². The third kappa shape index (κ3) is 5.45. The molecule has 1 aliphatic rings. The van der Waals surface area contributed by atoms with Gasteiger partial charge in [0.2, 0.25) is 0 Å². The highest BCUT2D eigenvalue weighted by atomic mass is 32.1. The zero-order valence-electron chi connectivity index (χ0n) is 28.9. The van der Waals surface area contributed by atoms with Gasteiger partial charge < -0.3 is 9.64 Å². The van der Waals surface area contributed by atoms with Crippen molar-refractivity contribution in [2.45, 2.75) is 33.1 Å². The van der Waals surface area contributed by atoms with Gasteiger partial charge in [-0.3, -0.25) is 0 Å². The fraction of sp³-hybridized carbons (Fsp3) is 0.106. The normalized spacial score (nSPS) is 12.7. The van der Waals surface area contributed by atoms with Gasteiger partial charge in [0.1, 0.15) is 11.5 Å². The van der Waals surface area contributed by atoms with Crippen LogP contribution in [0.3, 0.4) is 0 Å². The van der Waals surface area contributed by atoms with Gasteiger partial charge in [0.05, 0.1) is 0 Å². The number of benzene rings is 7. The fourth-order valence-corrected chi connectivity index (χ4v) is 8.29. The molecule has 2 nitrogen and oxygen atoms in total. The van der Waals surface area contributed by atoms with Crippen LogP contribution in [-0.2, 0) is 5.41 Å². The minimum Gasteiger partial charge on any atom is -0.456 e. The van der Waals surface area contributed by atoms with E-state index in [1.165, 1.54) is 53.6 Å². The van der Waals surface area contributed by atoms with Gasteiger partial charge in [-0.1, -0.05) is 131 Å². The zero-order chi connectivity index (χ0) is 34.2. The van der Waals surface area contributed by atoms with E-state index in [0.29, 0.717) is 0 Å². The Morgan fingerprint density at radius 1 is 0.480 bits per heavy atom. The van der Waals surface area contributed by atoms with Gasteiger partial charge in [-0.15, -0.1) is 11.3 Å². The van der Waals surface area contributed by atoms with Crippen LogP contribution in [-0.4, -0.2) is 0 Å². The molecule has 8 aromatic rings. The molecule has 2 heterocycles. The van der Waals surface area contributed by atoms with Crippen LogP contribution >= 0.6 is 11.3 Å². The molecule has 7 aromatic carbocycles. The summed E-state index contributed by atoms with van der Waals surface area (Å²) in [5, 5.41) is 2.49. The van der Waals surface area contributed by atoms with Crippen LogP contribution < -0.4 is 9.64 Å². The lowest BCUT2D eigenvalue weighted by molar-refractivity contribution is 0.423. The van der Waals surface area contributed by atoms with Crippen molar-refractivity contribution in [2.24, 2.45) is 0 Å². The molecular weight excluding hydrogens is 627 g/mol. The highest BCUT2D eigenvalue weighted by Gasteiger charge is 2.36. The largest absolute Gasteiger partial charge is 0.456 e. The molecule has 50 heavy (non-hydrogen) atoms. The number of thiophene rings is 1. The number of ether oxygens (including phenoxy) is 1. The summed E-state index contributed by atoms with van der Waals surface area (Å²) < 4.78 is 9.33. The van der Waals surface area contributed by atoms with Crippen LogP contribution in [0.5, 0.6) is 11.5 Å². The molecule has 0 radical (unpaired) electrons. The second kappa shape index (κ2) is 13.0. The molecule has 0 amide bonds. The summed E-state index contributed by atoms with van der Waals surface area (Å²) >= 11 is 1.83. The van der Waals surface area contributed by atoms with Crippen molar-refractivity contribution in [3.63, 3.8) is 0 Å². The summed E-state index contributed by atoms with van der Waals surface area (Å²) in [6, 6.07) is 58.7. The van der Waals surface area contributed by atoms with Gasteiger partial charge in [-0.2, -0.15) is 0 Å². The van der Waals surface area contributed by atoms with Gasteiger partial charge in [0.25, 0.3) is 0 Å². The fourth-order valence-electron chi connectivity index (χ4n) is 7.19. The molecule has 0 fully saturated rings. The van der Waals surface area contributed by atoms with Crippen LogP contribution in [0.25, 0.3) is 42.4 Å². The summed E-state index contributed by atoms with van der Waals surface area (Å²) in [4.78, 5) is 2.31. The van der Waals surface area contributed by atoms with E-state index in [0.717, 1.165) is 28.6 Å². The quantitative estimate of drug-likeness (QED) is 0.181. The molecule has 1 aliphatic heterocycles. The molecule has 0 bridgehead atoms. The van der Waals surface area contributed by atoms with E-state index in [1.54, 1.807) is 0 Å². The van der Waals surface area contributed by atoms with Gasteiger partial charge in [0.15, 0.2) is 0 Å². The molecule has 1 aromatic heterocycles. The molecule has 9 rings (SSSR count). The summed E-state index contributed by atoms with van der Waals surface area (Å²) in [6.07, 6.45) is 0. The Labute approximate surface area is 298 Å². The van der Waals surface area contributed by atoms with Crippen LogP contribution in [0.15, 0.2) is 164 Å². The van der Waals surface area contributed by atoms with Crippen molar-refractivity contribution in [3.05, 3.63) is 175 Å². The maximum Gasteiger partial charge on any atom is 0.140 e. The standard InChI is InChI=1S/C45H33NOS.C2H6/c1-45(2)38-26-28-42-43(37-15-9-10-16-41(37)48-42)44(38)47-40-27-21-33(29-39(40)45)32-19-24-36(25-20-32)46(34-13-7-4-8-14-34)35-22-17-31(18-23-35)30-11-5-3-6-12-30;1-2/h3-29H,1-2H3;1-2H3. The van der Waals surface area contributed by atoms with Crippen molar-refractivity contribution in [2.75, 3.05) is 4.90 Å². The lowest BCUT2D eigenvalue weighted by Gasteiger charge is -2.35. The Kier molecular flexibility index (Phi) is 8.22. The molecule has 0 saturated heterocycles. The third-order valence-electron chi connectivity index (χ3n) is 9.74. The predicted octanol–water partition coefficient (Wildman–Crippen LogP) is 14.3. The summed E-state index contributed by atoms with van der Waals surface area (Å²) in [5.41, 5.74) is 10.4. The average Bonchev–Trinajstić information content (AvgIpc) is 3.56. The first-order chi connectivity index (χ1) is 24.5. The van der Waals surface area contributed by atoms with E-state index in [9.17, 15) is 0 Å². The first-order valence-corrected chi connectivity index (χ1v) is 18.2. The highest BCUT2D eigenvalue weighted by molar-refractivity contribution is 7.25. The molecule has 0 aliphatic carbocycles. The van der Waals surface area contributed by atoms with Crippen molar-refractivity contribution < 1.29 is 4.74 Å². The first kappa shape index (κ1) is 31.6. The minimum absolute atomic E-state index is 0.216. The molecule has 0 atom stereocenters. The molecule has 0 spiro atoms. The Morgan fingerprint density at radius 3 is 1.70 bits per heavy atom. The maximum atomic E-state index is 6.77. The number of anilines is 3. The van der Waals surface area contributed by atoms with E-state index in [4.69, 9.17) is 4.74 Å². The number of rotatable bonds is 5. The molecule has 0 saturated carbocycles. The van der Waals surface area contributed by atoms with Gasteiger partial charge in [-0.25, -0.2) is 0 Å². The summed E-state index contributed by atoms with van der Waals surface area (Å²) in [6.45, 7) is 8.64. The van der Waals surface area contributed by atoms with E-state index >= 15 is 0 Å². The van der Waals surface area contributed by atoms with Crippen molar-refractivity contribution >= 4 is 48.6 Å². The molecule has 0 N–H and O–H groups in total. The third-order valence-corrected chi connectivity index (χ3v) is 10.9. The van der Waals surface area contributed by atoms with Crippen molar-refractivity contribution in [3.8, 4) is 33.8 Å². The molecule has 3 heteroatoms. The SMILES string of the molecule is CC.CC1(C)c2cc(-c3ccc(N(c4ccccc4)c4ccc(-c5ccccc5)cc4)cc3)ccc2Oc2c1ccc1sc3ccccc3c21. The summed E-state index contributed by atoms with van der Waals surface area (Å²) in [7, 11) is 0. The Bertz CT molecular complexity index is 2430. The topological polar surface area (TPSA) is 12.5 Å². The van der Waals surface area contributed by atoms with Crippen molar-refractivity contribution in [1.82, 2.24) is 0 Å². The Hall–Kier alpha value is -5.64. The first-order valence-electron chi connectivity index (χ1n) is 17.4. The van der Waals surface area contributed by atoms with Crippen LogP contribution in [0.1, 0.15) is 38.8 Å². The highest BCUT2D eigenvalue weighted by Crippen LogP contribution is 2.53. The smallest absolute Gasteiger partial charge is 0.140 e. The maximum absolute atomic E-state index is 6.77. The van der Waals surface area contributed by atoms with Crippen molar-refractivity contribution in [1.29, 1.82) is 0 Å². The van der Waals surface area contributed by atoms with Gasteiger partial charge >= 0.3 is 0 Å². The van der Waals surface area contributed by atoms with Crippen LogP contribution in [0, 0.1) is 0 Å². The Balaban J connectivity index is 0.00000177. The van der Waals surface area contributed by atoms with Gasteiger partial charge in [-0.05, 0) is 82.9 Å². The van der Waals surface area contributed by atoms with E-state index in [-0.39, 0.29) is 5.41 Å². The second-order valence-corrected chi connectivity index (χ2v) is 14.1. The number of fused-ring (bicyclic) bond motifs is 6. The van der Waals surface area contributed by atoms with Gasteiger partial charge in [0, 0.05) is 53.8 Å². The predicted molar refractivity (Wildman–Crippen MR) is 215 cm³/mol.